The van der Waals surface area contributed by atoms with Gasteiger partial charge in [-0.05, 0) is 37.8 Å². The lowest BCUT2D eigenvalue weighted by Crippen LogP contribution is -2.37. The number of rotatable bonds is 1. The molecule has 80 valence electrons. The van der Waals surface area contributed by atoms with Gasteiger partial charge in [0.15, 0.2) is 0 Å². The molecule has 2 saturated heterocycles. The van der Waals surface area contributed by atoms with Crippen LogP contribution in [-0.4, -0.2) is 16.6 Å². The van der Waals surface area contributed by atoms with Crippen LogP contribution in [0.25, 0.3) is 0 Å². The van der Waals surface area contributed by atoms with Crippen LogP contribution < -0.4 is 5.32 Å². The van der Waals surface area contributed by atoms with Crippen molar-refractivity contribution in [2.75, 3.05) is 0 Å². The molecule has 3 unspecified atom stereocenters. The van der Waals surface area contributed by atoms with Crippen LogP contribution in [0.2, 0.25) is 5.15 Å². The summed E-state index contributed by atoms with van der Waals surface area (Å²) in [4.78, 5) is 4.18. The second kappa shape index (κ2) is 3.19. The van der Waals surface area contributed by atoms with E-state index in [1.165, 1.54) is 24.8 Å². The van der Waals surface area contributed by atoms with E-state index in [4.69, 9.17) is 11.6 Å². The van der Waals surface area contributed by atoms with E-state index in [-0.39, 0.29) is 0 Å². The smallest absolute Gasteiger partial charge is 0.129 e. The molecular weight excluding hydrogens is 208 g/mol. The highest BCUT2D eigenvalue weighted by Gasteiger charge is 2.48. The maximum Gasteiger partial charge on any atom is 0.129 e. The van der Waals surface area contributed by atoms with Gasteiger partial charge in [-0.25, -0.2) is 4.98 Å². The molecule has 2 aliphatic heterocycles. The molecule has 2 aliphatic rings. The summed E-state index contributed by atoms with van der Waals surface area (Å²) in [5, 5.41) is 4.29. The van der Waals surface area contributed by atoms with Crippen molar-refractivity contribution >= 4 is 11.6 Å². The fraction of sp³-hybridized carbons (Fsp3) is 0.583. The summed E-state index contributed by atoms with van der Waals surface area (Å²) in [6, 6.07) is 4.73. The number of pyridine rings is 1. The Morgan fingerprint density at radius 2 is 2.40 bits per heavy atom. The SMILES string of the molecule is CC12CCC(CC1c1ccc(Cl)nc1)N2. The second-order valence-electron chi connectivity index (χ2n) is 5.00. The standard InChI is InChI=1S/C12H15ClN2/c1-12-5-4-9(15-12)6-10(12)8-2-3-11(13)14-7-8/h2-3,7,9-10,15H,4-6H2,1H3. The quantitative estimate of drug-likeness (QED) is 0.740. The molecule has 3 rings (SSSR count). The van der Waals surface area contributed by atoms with Gasteiger partial charge >= 0.3 is 0 Å². The highest BCUT2D eigenvalue weighted by atomic mass is 35.5. The van der Waals surface area contributed by atoms with Crippen molar-refractivity contribution in [2.45, 2.75) is 43.7 Å². The van der Waals surface area contributed by atoms with Crippen molar-refractivity contribution in [3.05, 3.63) is 29.0 Å². The minimum absolute atomic E-state index is 0.292. The predicted octanol–water partition coefficient (Wildman–Crippen LogP) is 2.73. The van der Waals surface area contributed by atoms with Gasteiger partial charge < -0.3 is 5.32 Å². The Hall–Kier alpha value is -0.600. The molecule has 0 aliphatic carbocycles. The van der Waals surface area contributed by atoms with Crippen molar-refractivity contribution in [3.8, 4) is 0 Å². The zero-order valence-corrected chi connectivity index (χ0v) is 9.59. The summed E-state index contributed by atoms with van der Waals surface area (Å²) in [6.07, 6.45) is 5.79. The Bertz CT molecular complexity index is 376. The minimum Gasteiger partial charge on any atom is -0.308 e. The van der Waals surface area contributed by atoms with Crippen LogP contribution in [0.15, 0.2) is 18.3 Å². The predicted molar refractivity (Wildman–Crippen MR) is 61.2 cm³/mol. The van der Waals surface area contributed by atoms with Gasteiger partial charge in [0.05, 0.1) is 0 Å². The van der Waals surface area contributed by atoms with Crippen molar-refractivity contribution in [1.82, 2.24) is 10.3 Å². The van der Waals surface area contributed by atoms with E-state index in [0.717, 1.165) is 6.04 Å². The zero-order chi connectivity index (χ0) is 10.5. The van der Waals surface area contributed by atoms with Crippen LogP contribution in [0.5, 0.6) is 0 Å². The Labute approximate surface area is 95.0 Å². The molecule has 0 radical (unpaired) electrons. The highest BCUT2D eigenvalue weighted by molar-refractivity contribution is 6.29. The molecule has 2 bridgehead atoms. The van der Waals surface area contributed by atoms with E-state index >= 15 is 0 Å². The first-order valence-electron chi connectivity index (χ1n) is 5.56. The maximum absolute atomic E-state index is 5.81. The lowest BCUT2D eigenvalue weighted by molar-refractivity contribution is 0.369. The van der Waals surface area contributed by atoms with Crippen LogP contribution in [0, 0.1) is 0 Å². The summed E-state index contributed by atoms with van der Waals surface area (Å²) in [6.45, 7) is 2.33. The van der Waals surface area contributed by atoms with Gasteiger partial charge in [-0.1, -0.05) is 17.7 Å². The lowest BCUT2D eigenvalue weighted by atomic mass is 9.76. The fourth-order valence-corrected chi connectivity index (χ4v) is 3.29. The molecule has 1 N–H and O–H groups in total. The average Bonchev–Trinajstić information content (AvgIpc) is 2.74. The maximum atomic E-state index is 5.81. The lowest BCUT2D eigenvalue weighted by Gasteiger charge is -2.30. The number of nitrogens with zero attached hydrogens (tertiary/aromatic N) is 1. The van der Waals surface area contributed by atoms with Crippen LogP contribution in [0.1, 0.15) is 37.7 Å². The van der Waals surface area contributed by atoms with E-state index in [0.29, 0.717) is 16.6 Å². The summed E-state index contributed by atoms with van der Waals surface area (Å²) >= 11 is 5.81. The first-order valence-corrected chi connectivity index (χ1v) is 5.94. The Balaban J connectivity index is 1.92. The molecule has 3 atom stereocenters. The van der Waals surface area contributed by atoms with E-state index in [9.17, 15) is 0 Å². The van der Waals surface area contributed by atoms with Gasteiger partial charge in [0.25, 0.3) is 0 Å². The fourth-order valence-electron chi connectivity index (χ4n) is 3.18. The van der Waals surface area contributed by atoms with E-state index in [2.05, 4.69) is 23.3 Å². The van der Waals surface area contributed by atoms with E-state index in [1.54, 1.807) is 0 Å². The largest absolute Gasteiger partial charge is 0.308 e. The average molecular weight is 223 g/mol. The third-order valence-electron chi connectivity index (χ3n) is 3.99. The topological polar surface area (TPSA) is 24.9 Å². The third-order valence-corrected chi connectivity index (χ3v) is 4.21. The van der Waals surface area contributed by atoms with Crippen molar-refractivity contribution in [2.24, 2.45) is 0 Å². The molecule has 0 aromatic carbocycles. The monoisotopic (exact) mass is 222 g/mol. The number of fused-ring (bicyclic) bond motifs is 2. The van der Waals surface area contributed by atoms with Gasteiger partial charge in [0.1, 0.15) is 5.15 Å². The van der Waals surface area contributed by atoms with Crippen molar-refractivity contribution in [3.63, 3.8) is 0 Å². The highest BCUT2D eigenvalue weighted by Crippen LogP contribution is 2.47. The normalized spacial score (nSPS) is 38.5. The second-order valence-corrected chi connectivity index (χ2v) is 5.39. The molecule has 1 aromatic heterocycles. The molecule has 3 heteroatoms. The van der Waals surface area contributed by atoms with Crippen molar-refractivity contribution in [1.29, 1.82) is 0 Å². The van der Waals surface area contributed by atoms with Gasteiger partial charge in [0, 0.05) is 23.7 Å². The van der Waals surface area contributed by atoms with Crippen LogP contribution in [0.3, 0.4) is 0 Å². The number of hydrogen-bond acceptors (Lipinski definition) is 2. The van der Waals surface area contributed by atoms with Crippen LogP contribution in [-0.2, 0) is 0 Å². The molecule has 2 nitrogen and oxygen atoms in total. The number of halogens is 1. The van der Waals surface area contributed by atoms with Gasteiger partial charge in [-0.15, -0.1) is 0 Å². The molecule has 15 heavy (non-hydrogen) atoms. The Morgan fingerprint density at radius 1 is 1.53 bits per heavy atom. The summed E-state index contributed by atoms with van der Waals surface area (Å²) < 4.78 is 0. The molecule has 0 amide bonds. The van der Waals surface area contributed by atoms with Gasteiger partial charge in [-0.3, -0.25) is 0 Å². The summed E-state index contributed by atoms with van der Waals surface area (Å²) in [7, 11) is 0. The van der Waals surface area contributed by atoms with E-state index < -0.39 is 0 Å². The summed E-state index contributed by atoms with van der Waals surface area (Å²) in [5.41, 5.74) is 1.62. The molecule has 0 spiro atoms. The first kappa shape index (κ1) is 9.61. The van der Waals surface area contributed by atoms with E-state index in [1.807, 2.05) is 12.3 Å². The minimum atomic E-state index is 0.292. The van der Waals surface area contributed by atoms with Gasteiger partial charge in [0.2, 0.25) is 0 Å². The Kier molecular flexibility index (Phi) is 2.05. The van der Waals surface area contributed by atoms with Crippen LogP contribution in [0.4, 0.5) is 0 Å². The summed E-state index contributed by atoms with van der Waals surface area (Å²) in [5.74, 6) is 0.612. The number of nitrogens with one attached hydrogen (secondary N) is 1. The van der Waals surface area contributed by atoms with Crippen LogP contribution >= 0.6 is 11.6 Å². The number of aromatic nitrogens is 1. The molecule has 3 heterocycles. The number of hydrogen-bond donors (Lipinski definition) is 1. The zero-order valence-electron chi connectivity index (χ0n) is 8.83. The van der Waals surface area contributed by atoms with Gasteiger partial charge in [-0.2, -0.15) is 0 Å². The third kappa shape index (κ3) is 1.47. The first-order chi connectivity index (χ1) is 7.17. The van der Waals surface area contributed by atoms with Crippen molar-refractivity contribution < 1.29 is 0 Å². The molecule has 2 fully saturated rings. The molecular formula is C12H15ClN2. The molecule has 0 saturated carbocycles. The Morgan fingerprint density at radius 3 is 2.93 bits per heavy atom. The molecule has 1 aromatic rings.